The Labute approximate surface area is 118 Å². The van der Waals surface area contributed by atoms with Crippen molar-refractivity contribution in [3.05, 3.63) is 35.9 Å². The van der Waals surface area contributed by atoms with E-state index in [0.717, 1.165) is 0 Å². The Hall–Kier alpha value is -0.860. The normalized spacial score (nSPS) is 21.7. The van der Waals surface area contributed by atoms with Gasteiger partial charge in [0.1, 0.15) is 0 Å². The third kappa shape index (κ3) is 4.63. The molecular weight excluding hydrogens is 232 g/mol. The standard InChI is InChI=1S/C17H28N2/c1-3-4-6-11-17(15-9-7-5-8-10-15)18-16-12-13-19(2)14-16/h5,7-10,16-18H,3-4,6,11-14H2,1-2H3. The molecule has 0 spiro atoms. The lowest BCUT2D eigenvalue weighted by atomic mass is 9.99. The number of benzene rings is 1. The van der Waals surface area contributed by atoms with E-state index in [9.17, 15) is 0 Å². The maximum atomic E-state index is 3.88. The maximum Gasteiger partial charge on any atom is 0.0323 e. The molecule has 0 saturated carbocycles. The molecule has 2 unspecified atom stereocenters. The van der Waals surface area contributed by atoms with Gasteiger partial charge in [0, 0.05) is 18.6 Å². The summed E-state index contributed by atoms with van der Waals surface area (Å²) in [6.45, 7) is 4.70. The van der Waals surface area contributed by atoms with Crippen LogP contribution in [0.4, 0.5) is 0 Å². The summed E-state index contributed by atoms with van der Waals surface area (Å²) in [5.41, 5.74) is 1.45. The highest BCUT2D eigenvalue weighted by Gasteiger charge is 2.22. The van der Waals surface area contributed by atoms with Crippen LogP contribution in [0.5, 0.6) is 0 Å². The van der Waals surface area contributed by atoms with Gasteiger partial charge in [-0.3, -0.25) is 0 Å². The fourth-order valence-electron chi connectivity index (χ4n) is 2.99. The van der Waals surface area contributed by atoms with Crippen molar-refractivity contribution in [3.63, 3.8) is 0 Å². The number of likely N-dealkylation sites (tertiary alicyclic amines) is 1. The molecule has 1 heterocycles. The smallest absolute Gasteiger partial charge is 0.0323 e. The molecule has 1 aromatic rings. The number of hydrogen-bond donors (Lipinski definition) is 1. The molecule has 2 rings (SSSR count). The van der Waals surface area contributed by atoms with Crippen molar-refractivity contribution in [2.24, 2.45) is 0 Å². The Morgan fingerprint density at radius 3 is 2.68 bits per heavy atom. The molecule has 1 saturated heterocycles. The average Bonchev–Trinajstić information content (AvgIpc) is 2.84. The highest BCUT2D eigenvalue weighted by atomic mass is 15.2. The van der Waals surface area contributed by atoms with Crippen molar-refractivity contribution in [2.45, 2.75) is 51.1 Å². The van der Waals surface area contributed by atoms with E-state index in [4.69, 9.17) is 0 Å². The summed E-state index contributed by atoms with van der Waals surface area (Å²) in [7, 11) is 2.22. The van der Waals surface area contributed by atoms with Gasteiger partial charge in [-0.15, -0.1) is 0 Å². The van der Waals surface area contributed by atoms with Gasteiger partial charge in [0.05, 0.1) is 0 Å². The molecule has 1 fully saturated rings. The lowest BCUT2D eigenvalue weighted by Gasteiger charge is -2.23. The molecule has 2 atom stereocenters. The summed E-state index contributed by atoms with van der Waals surface area (Å²) in [5, 5.41) is 3.88. The molecule has 1 aliphatic rings. The summed E-state index contributed by atoms with van der Waals surface area (Å²) in [6.07, 6.45) is 6.51. The summed E-state index contributed by atoms with van der Waals surface area (Å²) < 4.78 is 0. The third-order valence-corrected chi connectivity index (χ3v) is 4.13. The van der Waals surface area contributed by atoms with Crippen LogP contribution in [0.1, 0.15) is 50.6 Å². The molecule has 1 N–H and O–H groups in total. The molecular formula is C17H28N2. The lowest BCUT2D eigenvalue weighted by molar-refractivity contribution is 0.371. The van der Waals surface area contributed by atoms with Gasteiger partial charge >= 0.3 is 0 Å². The number of nitrogens with zero attached hydrogens (tertiary/aromatic N) is 1. The molecule has 0 aromatic heterocycles. The van der Waals surface area contributed by atoms with Crippen LogP contribution in [-0.2, 0) is 0 Å². The van der Waals surface area contributed by atoms with E-state index >= 15 is 0 Å². The van der Waals surface area contributed by atoms with Gasteiger partial charge in [0.25, 0.3) is 0 Å². The first-order chi connectivity index (χ1) is 9.29. The van der Waals surface area contributed by atoms with Crippen molar-refractivity contribution in [1.29, 1.82) is 0 Å². The van der Waals surface area contributed by atoms with Crippen LogP contribution in [0.15, 0.2) is 30.3 Å². The second-order valence-corrected chi connectivity index (χ2v) is 5.87. The molecule has 106 valence electrons. The first-order valence-electron chi connectivity index (χ1n) is 7.79. The maximum absolute atomic E-state index is 3.88. The van der Waals surface area contributed by atoms with Crippen molar-refractivity contribution in [1.82, 2.24) is 10.2 Å². The monoisotopic (exact) mass is 260 g/mol. The molecule has 1 aliphatic heterocycles. The first-order valence-corrected chi connectivity index (χ1v) is 7.79. The minimum Gasteiger partial charge on any atom is -0.306 e. The Morgan fingerprint density at radius 1 is 1.26 bits per heavy atom. The van der Waals surface area contributed by atoms with Gasteiger partial charge in [0.15, 0.2) is 0 Å². The molecule has 2 nitrogen and oxygen atoms in total. The number of nitrogens with one attached hydrogen (secondary N) is 1. The summed E-state index contributed by atoms with van der Waals surface area (Å²) >= 11 is 0. The van der Waals surface area contributed by atoms with E-state index in [1.54, 1.807) is 0 Å². The Balaban J connectivity index is 1.93. The molecule has 0 bridgehead atoms. The van der Waals surface area contributed by atoms with Crippen LogP contribution in [0.25, 0.3) is 0 Å². The zero-order chi connectivity index (χ0) is 13.5. The highest BCUT2D eigenvalue weighted by molar-refractivity contribution is 5.19. The molecule has 0 aliphatic carbocycles. The van der Waals surface area contributed by atoms with Crippen LogP contribution in [0, 0.1) is 0 Å². The Kier molecular flexibility index (Phi) is 5.87. The van der Waals surface area contributed by atoms with Crippen LogP contribution in [0.2, 0.25) is 0 Å². The van der Waals surface area contributed by atoms with Crippen molar-refractivity contribution < 1.29 is 0 Å². The highest BCUT2D eigenvalue weighted by Crippen LogP contribution is 2.22. The topological polar surface area (TPSA) is 15.3 Å². The fourth-order valence-corrected chi connectivity index (χ4v) is 2.99. The lowest BCUT2D eigenvalue weighted by Crippen LogP contribution is -2.34. The van der Waals surface area contributed by atoms with Gasteiger partial charge < -0.3 is 10.2 Å². The minimum atomic E-state index is 0.532. The van der Waals surface area contributed by atoms with E-state index in [2.05, 4.69) is 54.5 Å². The zero-order valence-corrected chi connectivity index (χ0v) is 12.4. The first kappa shape index (κ1) is 14.5. The largest absolute Gasteiger partial charge is 0.306 e. The number of likely N-dealkylation sites (N-methyl/N-ethyl adjacent to an activating group) is 1. The van der Waals surface area contributed by atoms with Gasteiger partial charge in [-0.25, -0.2) is 0 Å². The second-order valence-electron chi connectivity index (χ2n) is 5.87. The van der Waals surface area contributed by atoms with Crippen molar-refractivity contribution in [2.75, 3.05) is 20.1 Å². The summed E-state index contributed by atoms with van der Waals surface area (Å²) in [6, 6.07) is 12.1. The van der Waals surface area contributed by atoms with Crippen molar-refractivity contribution >= 4 is 0 Å². The second kappa shape index (κ2) is 7.66. The quantitative estimate of drug-likeness (QED) is 0.754. The van der Waals surface area contributed by atoms with E-state index < -0.39 is 0 Å². The van der Waals surface area contributed by atoms with E-state index in [1.165, 1.54) is 50.8 Å². The van der Waals surface area contributed by atoms with Gasteiger partial charge in [-0.2, -0.15) is 0 Å². The fraction of sp³-hybridized carbons (Fsp3) is 0.647. The number of rotatable bonds is 7. The SMILES string of the molecule is CCCCCC(NC1CCN(C)C1)c1ccccc1. The molecule has 0 amide bonds. The summed E-state index contributed by atoms with van der Waals surface area (Å²) in [5.74, 6) is 0. The van der Waals surface area contributed by atoms with E-state index in [-0.39, 0.29) is 0 Å². The van der Waals surface area contributed by atoms with Crippen molar-refractivity contribution in [3.8, 4) is 0 Å². The Morgan fingerprint density at radius 2 is 2.05 bits per heavy atom. The predicted molar refractivity (Wildman–Crippen MR) is 82.4 cm³/mol. The molecule has 2 heteroatoms. The Bertz CT molecular complexity index is 350. The molecule has 0 radical (unpaired) electrons. The van der Waals surface area contributed by atoms with Crippen LogP contribution >= 0.6 is 0 Å². The van der Waals surface area contributed by atoms with Crippen LogP contribution < -0.4 is 5.32 Å². The zero-order valence-electron chi connectivity index (χ0n) is 12.4. The summed E-state index contributed by atoms with van der Waals surface area (Å²) in [4.78, 5) is 2.42. The predicted octanol–water partition coefficient (Wildman–Crippen LogP) is 3.60. The van der Waals surface area contributed by atoms with Gasteiger partial charge in [0.2, 0.25) is 0 Å². The van der Waals surface area contributed by atoms with Gasteiger partial charge in [-0.1, -0.05) is 56.5 Å². The number of unbranched alkanes of at least 4 members (excludes halogenated alkanes) is 2. The van der Waals surface area contributed by atoms with Crippen LogP contribution in [-0.4, -0.2) is 31.1 Å². The van der Waals surface area contributed by atoms with Crippen LogP contribution in [0.3, 0.4) is 0 Å². The third-order valence-electron chi connectivity index (χ3n) is 4.13. The minimum absolute atomic E-state index is 0.532. The van der Waals surface area contributed by atoms with Gasteiger partial charge in [-0.05, 0) is 32.0 Å². The molecule has 19 heavy (non-hydrogen) atoms. The average molecular weight is 260 g/mol. The molecule has 1 aromatic carbocycles. The number of hydrogen-bond acceptors (Lipinski definition) is 2. The van der Waals surface area contributed by atoms with E-state index in [0.29, 0.717) is 12.1 Å². The van der Waals surface area contributed by atoms with E-state index in [1.807, 2.05) is 0 Å².